The van der Waals surface area contributed by atoms with E-state index in [-0.39, 0.29) is 12.0 Å². The summed E-state index contributed by atoms with van der Waals surface area (Å²) >= 11 is 0. The summed E-state index contributed by atoms with van der Waals surface area (Å²) in [5.41, 5.74) is 8.94. The quantitative estimate of drug-likeness (QED) is 0.854. The van der Waals surface area contributed by atoms with Crippen molar-refractivity contribution in [1.29, 1.82) is 0 Å². The highest BCUT2D eigenvalue weighted by Crippen LogP contribution is 2.43. The maximum Gasteiger partial charge on any atom is 0.226 e. The highest BCUT2D eigenvalue weighted by atomic mass is 16.2. The van der Waals surface area contributed by atoms with E-state index in [4.69, 9.17) is 5.73 Å². The number of fused-ring (bicyclic) bond motifs is 3. The molecule has 1 heterocycles. The highest BCUT2D eigenvalue weighted by Gasteiger charge is 2.42. The molecule has 1 aromatic rings. The van der Waals surface area contributed by atoms with Crippen LogP contribution in [0.15, 0.2) is 24.3 Å². The fraction of sp³-hybridized carbons (Fsp3) is 0.667. The third-order valence-corrected chi connectivity index (χ3v) is 6.86. The number of anilines is 1. The molecule has 3 aliphatic rings. The van der Waals surface area contributed by atoms with Gasteiger partial charge in [0.05, 0.1) is 0 Å². The first-order valence-electron chi connectivity index (χ1n) is 9.89. The number of benzene rings is 1. The minimum atomic E-state index is 0.174. The van der Waals surface area contributed by atoms with E-state index in [0.29, 0.717) is 23.8 Å². The molecule has 2 bridgehead atoms. The third kappa shape index (κ3) is 3.05. The molecule has 1 amide bonds. The van der Waals surface area contributed by atoms with Crippen molar-refractivity contribution in [2.45, 2.75) is 57.7 Å². The molecule has 0 radical (unpaired) electrons. The number of likely N-dealkylation sites (N-methyl/N-ethyl adjacent to an activating group) is 1. The second-order valence-corrected chi connectivity index (χ2v) is 8.52. The average molecular weight is 341 g/mol. The van der Waals surface area contributed by atoms with Crippen LogP contribution in [0.4, 0.5) is 5.69 Å². The summed E-state index contributed by atoms with van der Waals surface area (Å²) in [7, 11) is 2.13. The van der Waals surface area contributed by atoms with Gasteiger partial charge in [-0.3, -0.25) is 4.79 Å². The van der Waals surface area contributed by atoms with Gasteiger partial charge in [-0.25, -0.2) is 0 Å². The normalized spacial score (nSPS) is 35.1. The molecule has 1 aliphatic heterocycles. The second kappa shape index (κ2) is 6.64. The van der Waals surface area contributed by atoms with Gasteiger partial charge in [0.2, 0.25) is 5.91 Å². The van der Waals surface area contributed by atoms with Crippen molar-refractivity contribution >= 4 is 11.6 Å². The number of hydrogen-bond donors (Lipinski definition) is 1. The molecule has 4 rings (SSSR count). The summed E-state index contributed by atoms with van der Waals surface area (Å²) in [6.45, 7) is 3.82. The molecule has 2 N–H and O–H groups in total. The number of nitrogens with zero attached hydrogens (tertiary/aromatic N) is 2. The Bertz CT molecular complexity index is 632. The first-order valence-corrected chi connectivity index (χ1v) is 9.89. The van der Waals surface area contributed by atoms with Gasteiger partial charge in [0.15, 0.2) is 0 Å². The van der Waals surface area contributed by atoms with Crippen LogP contribution in [-0.4, -0.2) is 36.5 Å². The Labute approximate surface area is 151 Å². The number of rotatable bonds is 1. The molecular weight excluding hydrogens is 310 g/mol. The van der Waals surface area contributed by atoms with Crippen LogP contribution in [0, 0.1) is 17.8 Å². The number of amides is 1. The number of carbonyl (C=O) groups is 1. The first kappa shape index (κ1) is 16.9. The monoisotopic (exact) mass is 341 g/mol. The van der Waals surface area contributed by atoms with Gasteiger partial charge >= 0.3 is 0 Å². The lowest BCUT2D eigenvalue weighted by Crippen LogP contribution is -2.51. The number of nitrogens with two attached hydrogens (primary N) is 1. The summed E-state index contributed by atoms with van der Waals surface area (Å²) in [4.78, 5) is 17.9. The highest BCUT2D eigenvalue weighted by molar-refractivity contribution is 5.80. The Kier molecular flexibility index (Phi) is 4.48. The second-order valence-electron chi connectivity index (χ2n) is 8.52. The summed E-state index contributed by atoms with van der Waals surface area (Å²) in [5.74, 6) is 1.65. The van der Waals surface area contributed by atoms with Crippen molar-refractivity contribution in [2.75, 3.05) is 18.5 Å². The van der Waals surface area contributed by atoms with Crippen LogP contribution in [-0.2, 0) is 11.3 Å². The fourth-order valence-electron chi connectivity index (χ4n) is 5.47. The molecule has 0 spiro atoms. The van der Waals surface area contributed by atoms with E-state index in [0.717, 1.165) is 25.9 Å². The van der Waals surface area contributed by atoms with Crippen LogP contribution in [0.1, 0.15) is 44.6 Å². The molecule has 25 heavy (non-hydrogen) atoms. The van der Waals surface area contributed by atoms with Gasteiger partial charge in [-0.05, 0) is 56.1 Å². The van der Waals surface area contributed by atoms with E-state index in [1.54, 1.807) is 0 Å². The zero-order valence-corrected chi connectivity index (χ0v) is 15.5. The minimum Gasteiger partial charge on any atom is -0.372 e. The molecule has 136 valence electrons. The maximum atomic E-state index is 13.4. The zero-order valence-electron chi connectivity index (χ0n) is 15.5. The van der Waals surface area contributed by atoms with Crippen molar-refractivity contribution in [3.05, 3.63) is 29.8 Å². The Morgan fingerprint density at radius 1 is 1.16 bits per heavy atom. The van der Waals surface area contributed by atoms with Gasteiger partial charge in [-0.15, -0.1) is 0 Å². The Hall–Kier alpha value is -1.55. The predicted molar refractivity (Wildman–Crippen MR) is 101 cm³/mol. The van der Waals surface area contributed by atoms with E-state index >= 15 is 0 Å². The van der Waals surface area contributed by atoms with Crippen molar-refractivity contribution in [3.8, 4) is 0 Å². The maximum absolute atomic E-state index is 13.4. The lowest BCUT2D eigenvalue weighted by Gasteiger charge is -2.45. The Morgan fingerprint density at radius 2 is 1.84 bits per heavy atom. The van der Waals surface area contributed by atoms with Crippen LogP contribution in [0.2, 0.25) is 0 Å². The third-order valence-electron chi connectivity index (χ3n) is 6.86. The summed E-state index contributed by atoms with van der Waals surface area (Å²) in [6, 6.07) is 9.05. The van der Waals surface area contributed by atoms with E-state index in [1.807, 2.05) is 0 Å². The zero-order chi connectivity index (χ0) is 17.6. The molecule has 3 atom stereocenters. The summed E-state index contributed by atoms with van der Waals surface area (Å²) in [5, 5.41) is 0. The van der Waals surface area contributed by atoms with Crippen molar-refractivity contribution < 1.29 is 4.79 Å². The standard InChI is InChI=1S/C21H31N3O/c1-14-12-23(2)19-9-4-3-6-17(19)13-24(14)21(25)18-10-15-7-5-8-16(11-18)20(15)22/h3-4,6,9,14-16,18,20H,5,7-8,10-13,22H2,1-2H3. The van der Waals surface area contributed by atoms with E-state index in [1.165, 1.54) is 30.5 Å². The molecule has 4 nitrogen and oxygen atoms in total. The topological polar surface area (TPSA) is 49.6 Å². The van der Waals surface area contributed by atoms with Gasteiger partial charge in [-0.2, -0.15) is 0 Å². The van der Waals surface area contributed by atoms with Crippen LogP contribution >= 0.6 is 0 Å². The predicted octanol–water partition coefficient (Wildman–Crippen LogP) is 3.01. The first-order chi connectivity index (χ1) is 12.0. The Balaban J connectivity index is 1.55. The molecule has 2 fully saturated rings. The summed E-state index contributed by atoms with van der Waals surface area (Å²) < 4.78 is 0. The van der Waals surface area contributed by atoms with E-state index in [9.17, 15) is 4.79 Å². The van der Waals surface area contributed by atoms with Gasteiger partial charge in [0.1, 0.15) is 0 Å². The summed E-state index contributed by atoms with van der Waals surface area (Å²) in [6.07, 6.45) is 5.71. The van der Waals surface area contributed by atoms with Gasteiger partial charge in [0, 0.05) is 43.8 Å². The van der Waals surface area contributed by atoms with Crippen LogP contribution in [0.25, 0.3) is 0 Å². The largest absolute Gasteiger partial charge is 0.372 e. The molecule has 0 saturated heterocycles. The molecule has 2 saturated carbocycles. The van der Waals surface area contributed by atoms with Crippen molar-refractivity contribution in [2.24, 2.45) is 23.5 Å². The SMILES string of the molecule is CC1CN(C)c2ccccc2CN1C(=O)C1CC2CCCC(C1)C2N. The Morgan fingerprint density at radius 3 is 2.56 bits per heavy atom. The molecular formula is C21H31N3O. The van der Waals surface area contributed by atoms with Crippen LogP contribution < -0.4 is 10.6 Å². The lowest BCUT2D eigenvalue weighted by molar-refractivity contribution is -0.141. The van der Waals surface area contributed by atoms with E-state index < -0.39 is 0 Å². The molecule has 1 aromatic carbocycles. The van der Waals surface area contributed by atoms with Crippen molar-refractivity contribution in [3.63, 3.8) is 0 Å². The van der Waals surface area contributed by atoms with Crippen LogP contribution in [0.5, 0.6) is 0 Å². The van der Waals surface area contributed by atoms with Crippen molar-refractivity contribution in [1.82, 2.24) is 4.90 Å². The molecule has 3 unspecified atom stereocenters. The number of hydrogen-bond acceptors (Lipinski definition) is 3. The van der Waals surface area contributed by atoms with E-state index in [2.05, 4.69) is 48.0 Å². The lowest BCUT2D eigenvalue weighted by atomic mass is 9.65. The van der Waals surface area contributed by atoms with Gasteiger partial charge < -0.3 is 15.5 Å². The minimum absolute atomic E-state index is 0.174. The molecule has 4 heteroatoms. The van der Waals surface area contributed by atoms with Crippen LogP contribution in [0.3, 0.4) is 0 Å². The number of carbonyl (C=O) groups excluding carboxylic acids is 1. The fourth-order valence-corrected chi connectivity index (χ4v) is 5.47. The van der Waals surface area contributed by atoms with Gasteiger partial charge in [-0.1, -0.05) is 24.6 Å². The smallest absolute Gasteiger partial charge is 0.226 e. The molecule has 2 aliphatic carbocycles. The van der Waals surface area contributed by atoms with Gasteiger partial charge in [0.25, 0.3) is 0 Å². The molecule has 0 aromatic heterocycles. The number of para-hydroxylation sites is 1. The average Bonchev–Trinajstić information content (AvgIpc) is 2.71.